The Bertz CT molecular complexity index is 410. The number of piperidine rings is 1. The van der Waals surface area contributed by atoms with Crippen molar-refractivity contribution in [3.63, 3.8) is 0 Å². The van der Waals surface area contributed by atoms with Gasteiger partial charge < -0.3 is 10.2 Å². The molecule has 1 fully saturated rings. The van der Waals surface area contributed by atoms with E-state index >= 15 is 0 Å². The van der Waals surface area contributed by atoms with Crippen LogP contribution >= 0.6 is 0 Å². The lowest BCUT2D eigenvalue weighted by molar-refractivity contribution is -0.914. The minimum absolute atomic E-state index is 0.141. The molecule has 1 aromatic rings. The molecule has 0 spiro atoms. The van der Waals surface area contributed by atoms with E-state index in [1.165, 1.54) is 32.4 Å². The van der Waals surface area contributed by atoms with E-state index in [1.54, 1.807) is 0 Å². The standard InChI is InChI=1S/C16H24N2O/c1-18(11-6-3-7-12-18)13-10-15(16(17)19)14-8-4-2-5-9-14/h2,4-5,8-9,15H,3,6-7,10-13H2,1H3,(H-,17,19)/p+1/t15-/m1/s1. The highest BCUT2D eigenvalue weighted by atomic mass is 16.1. The van der Waals surface area contributed by atoms with Gasteiger partial charge in [0.2, 0.25) is 5.91 Å². The minimum Gasteiger partial charge on any atom is -0.369 e. The molecule has 104 valence electrons. The Morgan fingerprint density at radius 2 is 1.84 bits per heavy atom. The third-order valence-electron chi connectivity index (χ3n) is 4.40. The Labute approximate surface area is 116 Å². The molecule has 0 aliphatic carbocycles. The Morgan fingerprint density at radius 1 is 1.21 bits per heavy atom. The van der Waals surface area contributed by atoms with Crippen molar-refractivity contribution in [3.8, 4) is 0 Å². The number of amides is 1. The molecular weight excluding hydrogens is 236 g/mol. The molecule has 0 unspecified atom stereocenters. The van der Waals surface area contributed by atoms with E-state index < -0.39 is 0 Å². The van der Waals surface area contributed by atoms with Gasteiger partial charge in [-0.05, 0) is 24.8 Å². The van der Waals surface area contributed by atoms with E-state index in [4.69, 9.17) is 5.73 Å². The van der Waals surface area contributed by atoms with Gasteiger partial charge in [0.05, 0.1) is 32.6 Å². The van der Waals surface area contributed by atoms with Gasteiger partial charge in [0, 0.05) is 6.42 Å². The summed E-state index contributed by atoms with van der Waals surface area (Å²) in [6.45, 7) is 3.52. The number of nitrogens with zero attached hydrogens (tertiary/aromatic N) is 1. The van der Waals surface area contributed by atoms with Gasteiger partial charge in [-0.3, -0.25) is 4.79 Å². The van der Waals surface area contributed by atoms with Gasteiger partial charge in [0.1, 0.15) is 0 Å². The molecule has 1 aliphatic heterocycles. The zero-order valence-electron chi connectivity index (χ0n) is 11.8. The van der Waals surface area contributed by atoms with Crippen molar-refractivity contribution in [3.05, 3.63) is 35.9 Å². The average Bonchev–Trinajstić information content (AvgIpc) is 2.40. The molecule has 0 radical (unpaired) electrons. The van der Waals surface area contributed by atoms with Crippen LogP contribution in [0.25, 0.3) is 0 Å². The summed E-state index contributed by atoms with van der Waals surface area (Å²) in [4.78, 5) is 11.7. The zero-order valence-corrected chi connectivity index (χ0v) is 11.8. The van der Waals surface area contributed by atoms with Crippen molar-refractivity contribution in [1.82, 2.24) is 0 Å². The van der Waals surface area contributed by atoms with Crippen LogP contribution in [0.4, 0.5) is 0 Å². The van der Waals surface area contributed by atoms with Crippen LogP contribution in [0.5, 0.6) is 0 Å². The lowest BCUT2D eigenvalue weighted by atomic mass is 9.94. The predicted molar refractivity (Wildman–Crippen MR) is 77.6 cm³/mol. The molecule has 0 aromatic heterocycles. The number of quaternary nitrogens is 1. The summed E-state index contributed by atoms with van der Waals surface area (Å²) < 4.78 is 1.09. The normalized spacial score (nSPS) is 19.8. The molecule has 2 N–H and O–H groups in total. The number of carbonyl (C=O) groups is 1. The Balaban J connectivity index is 2.00. The van der Waals surface area contributed by atoms with Gasteiger partial charge in [-0.15, -0.1) is 0 Å². The number of benzene rings is 1. The van der Waals surface area contributed by atoms with E-state index in [0.717, 1.165) is 23.0 Å². The number of carbonyl (C=O) groups excluding carboxylic acids is 1. The number of nitrogens with two attached hydrogens (primary N) is 1. The summed E-state index contributed by atoms with van der Waals surface area (Å²) in [6, 6.07) is 9.93. The molecule has 1 aromatic carbocycles. The summed E-state index contributed by atoms with van der Waals surface area (Å²) in [5, 5.41) is 0. The highest BCUT2D eigenvalue weighted by Crippen LogP contribution is 2.23. The van der Waals surface area contributed by atoms with Crippen LogP contribution in [0, 0.1) is 0 Å². The Morgan fingerprint density at radius 3 is 2.42 bits per heavy atom. The number of hydrogen-bond donors (Lipinski definition) is 1. The van der Waals surface area contributed by atoms with E-state index in [2.05, 4.69) is 7.05 Å². The Kier molecular flexibility index (Phi) is 4.59. The van der Waals surface area contributed by atoms with E-state index in [-0.39, 0.29) is 11.8 Å². The second kappa shape index (κ2) is 6.20. The van der Waals surface area contributed by atoms with E-state index in [0.29, 0.717) is 0 Å². The first-order valence-corrected chi connectivity index (χ1v) is 7.28. The molecule has 1 amide bonds. The molecule has 3 nitrogen and oxygen atoms in total. The Hall–Kier alpha value is -1.35. The topological polar surface area (TPSA) is 43.1 Å². The second-order valence-corrected chi connectivity index (χ2v) is 6.01. The summed E-state index contributed by atoms with van der Waals surface area (Å²) in [5.74, 6) is -0.340. The largest absolute Gasteiger partial charge is 0.369 e. The first-order chi connectivity index (χ1) is 9.11. The fraction of sp³-hybridized carbons (Fsp3) is 0.562. The van der Waals surface area contributed by atoms with Gasteiger partial charge in [0.25, 0.3) is 0 Å². The average molecular weight is 261 g/mol. The fourth-order valence-corrected chi connectivity index (χ4v) is 3.10. The molecule has 19 heavy (non-hydrogen) atoms. The van der Waals surface area contributed by atoms with Crippen LogP contribution < -0.4 is 5.73 Å². The summed E-state index contributed by atoms with van der Waals surface area (Å²) in [7, 11) is 2.31. The number of hydrogen-bond acceptors (Lipinski definition) is 1. The third kappa shape index (κ3) is 3.80. The zero-order chi connectivity index (χ0) is 13.7. The van der Waals surface area contributed by atoms with Crippen molar-refractivity contribution in [2.75, 3.05) is 26.7 Å². The molecule has 1 aliphatic rings. The van der Waals surface area contributed by atoms with Crippen LogP contribution in [-0.4, -0.2) is 37.1 Å². The first-order valence-electron chi connectivity index (χ1n) is 7.28. The maximum Gasteiger partial charge on any atom is 0.225 e. The van der Waals surface area contributed by atoms with Crippen LogP contribution in [0.15, 0.2) is 30.3 Å². The monoisotopic (exact) mass is 261 g/mol. The highest BCUT2D eigenvalue weighted by Gasteiger charge is 2.27. The molecule has 1 atom stereocenters. The second-order valence-electron chi connectivity index (χ2n) is 6.01. The minimum atomic E-state index is -0.199. The highest BCUT2D eigenvalue weighted by molar-refractivity contribution is 5.81. The molecule has 0 saturated carbocycles. The van der Waals surface area contributed by atoms with Crippen molar-refractivity contribution >= 4 is 5.91 Å². The van der Waals surface area contributed by atoms with Gasteiger partial charge in [-0.1, -0.05) is 30.3 Å². The van der Waals surface area contributed by atoms with Crippen molar-refractivity contribution in [2.45, 2.75) is 31.6 Å². The van der Waals surface area contributed by atoms with Crippen molar-refractivity contribution in [2.24, 2.45) is 5.73 Å². The van der Waals surface area contributed by atoms with Crippen molar-refractivity contribution in [1.29, 1.82) is 0 Å². The maximum atomic E-state index is 11.7. The van der Waals surface area contributed by atoms with Crippen LogP contribution in [-0.2, 0) is 4.79 Å². The maximum absolute atomic E-state index is 11.7. The smallest absolute Gasteiger partial charge is 0.225 e. The molecule has 2 rings (SSSR count). The fourth-order valence-electron chi connectivity index (χ4n) is 3.10. The molecule has 0 bridgehead atoms. The number of rotatable bonds is 5. The van der Waals surface area contributed by atoms with E-state index in [9.17, 15) is 4.79 Å². The van der Waals surface area contributed by atoms with E-state index in [1.807, 2.05) is 30.3 Å². The lowest BCUT2D eigenvalue weighted by Crippen LogP contribution is -2.49. The van der Waals surface area contributed by atoms with Gasteiger partial charge in [-0.25, -0.2) is 0 Å². The van der Waals surface area contributed by atoms with Crippen LogP contribution in [0.3, 0.4) is 0 Å². The molecule has 1 saturated heterocycles. The van der Waals surface area contributed by atoms with Crippen LogP contribution in [0.2, 0.25) is 0 Å². The summed E-state index contributed by atoms with van der Waals surface area (Å²) >= 11 is 0. The quantitative estimate of drug-likeness (QED) is 0.812. The number of likely N-dealkylation sites (tertiary alicyclic amines) is 1. The van der Waals surface area contributed by atoms with Crippen LogP contribution in [0.1, 0.15) is 37.2 Å². The summed E-state index contributed by atoms with van der Waals surface area (Å²) in [6.07, 6.45) is 4.83. The van der Waals surface area contributed by atoms with Gasteiger partial charge in [-0.2, -0.15) is 0 Å². The molecule has 3 heteroatoms. The SMILES string of the molecule is C[N+]1(CC[C@@H](C(N)=O)c2ccccc2)CCCCC1. The molecular formula is C16H25N2O+. The lowest BCUT2D eigenvalue weighted by Gasteiger charge is -2.38. The third-order valence-corrected chi connectivity index (χ3v) is 4.40. The first kappa shape index (κ1) is 14.1. The van der Waals surface area contributed by atoms with Gasteiger partial charge in [0.15, 0.2) is 0 Å². The van der Waals surface area contributed by atoms with Crippen molar-refractivity contribution < 1.29 is 9.28 Å². The number of primary amides is 1. The predicted octanol–water partition coefficient (Wildman–Crippen LogP) is 2.28. The van der Waals surface area contributed by atoms with Gasteiger partial charge >= 0.3 is 0 Å². The summed E-state index contributed by atoms with van der Waals surface area (Å²) in [5.41, 5.74) is 6.64. The molecule has 1 heterocycles.